The highest BCUT2D eigenvalue weighted by molar-refractivity contribution is 5.24. The second-order valence-electron chi connectivity index (χ2n) is 2.88. The summed E-state index contributed by atoms with van der Waals surface area (Å²) in [5, 5.41) is 3.01. The zero-order valence-electron chi connectivity index (χ0n) is 7.94. The summed E-state index contributed by atoms with van der Waals surface area (Å²) < 4.78 is 0. The van der Waals surface area contributed by atoms with E-state index in [9.17, 15) is 0 Å². The molecule has 0 saturated heterocycles. The molecule has 11 heavy (non-hydrogen) atoms. The van der Waals surface area contributed by atoms with E-state index in [0.29, 0.717) is 0 Å². The summed E-state index contributed by atoms with van der Waals surface area (Å²) in [4.78, 5) is 2.12. The van der Waals surface area contributed by atoms with Crippen molar-refractivity contribution >= 4 is 0 Å². The first kappa shape index (κ1) is 10.2. The highest BCUT2D eigenvalue weighted by Gasteiger charge is 1.92. The van der Waals surface area contributed by atoms with Gasteiger partial charge in [-0.1, -0.05) is 12.7 Å². The van der Waals surface area contributed by atoms with E-state index >= 15 is 0 Å². The summed E-state index contributed by atoms with van der Waals surface area (Å²) in [6.45, 7) is 6.88. The van der Waals surface area contributed by atoms with Crippen molar-refractivity contribution in [1.82, 2.24) is 10.2 Å². The van der Waals surface area contributed by atoms with Crippen molar-refractivity contribution in [3.05, 3.63) is 23.9 Å². The van der Waals surface area contributed by atoms with Crippen molar-refractivity contribution < 1.29 is 0 Å². The van der Waals surface area contributed by atoms with Gasteiger partial charge >= 0.3 is 0 Å². The lowest BCUT2D eigenvalue weighted by Gasteiger charge is -2.08. The fraction of sp³-hybridized carbons (Fsp3) is 0.556. The van der Waals surface area contributed by atoms with Crippen LogP contribution in [0.1, 0.15) is 6.92 Å². The van der Waals surface area contributed by atoms with Gasteiger partial charge in [-0.3, -0.25) is 0 Å². The van der Waals surface area contributed by atoms with Gasteiger partial charge in [0.2, 0.25) is 0 Å². The number of nitrogens with zero attached hydrogens (tertiary/aromatic N) is 1. The lowest BCUT2D eigenvalue weighted by atomic mass is 10.2. The average molecular weight is 154 g/mol. The molecule has 2 nitrogen and oxygen atoms in total. The fourth-order valence-corrected chi connectivity index (χ4v) is 0.640. The third kappa shape index (κ3) is 4.62. The first-order valence-corrected chi connectivity index (χ1v) is 3.76. The summed E-state index contributed by atoms with van der Waals surface area (Å²) in [5.74, 6) is 0. The van der Waals surface area contributed by atoms with Crippen molar-refractivity contribution in [2.24, 2.45) is 0 Å². The van der Waals surface area contributed by atoms with E-state index in [1.54, 1.807) is 0 Å². The molecular formula is C9H18N2. The topological polar surface area (TPSA) is 15.3 Å². The van der Waals surface area contributed by atoms with Crippen molar-refractivity contribution in [1.29, 1.82) is 0 Å². The van der Waals surface area contributed by atoms with Crippen molar-refractivity contribution in [2.45, 2.75) is 6.92 Å². The molecule has 0 saturated carbocycles. The summed E-state index contributed by atoms with van der Waals surface area (Å²) in [5.41, 5.74) is 2.20. The maximum atomic E-state index is 3.85. The van der Waals surface area contributed by atoms with E-state index < -0.39 is 0 Å². The number of hydrogen-bond acceptors (Lipinski definition) is 2. The van der Waals surface area contributed by atoms with Crippen molar-refractivity contribution in [3.63, 3.8) is 0 Å². The van der Waals surface area contributed by atoms with Crippen LogP contribution < -0.4 is 5.32 Å². The van der Waals surface area contributed by atoms with Gasteiger partial charge in [-0.05, 0) is 26.6 Å². The molecule has 0 aromatic carbocycles. The molecule has 0 fully saturated rings. The Bertz CT molecular complexity index is 157. The maximum Gasteiger partial charge on any atom is 0.0291 e. The highest BCUT2D eigenvalue weighted by atomic mass is 15.0. The van der Waals surface area contributed by atoms with Crippen LogP contribution in [0.15, 0.2) is 23.9 Å². The first-order valence-electron chi connectivity index (χ1n) is 3.76. The van der Waals surface area contributed by atoms with Crippen LogP contribution in [-0.4, -0.2) is 32.6 Å². The molecule has 0 spiro atoms. The number of allylic oxidation sites excluding steroid dienone is 1. The van der Waals surface area contributed by atoms with E-state index in [2.05, 4.69) is 29.8 Å². The largest absolute Gasteiger partial charge is 0.388 e. The highest BCUT2D eigenvalue weighted by Crippen LogP contribution is 2.01. The zero-order valence-corrected chi connectivity index (χ0v) is 7.94. The Morgan fingerprint density at radius 3 is 2.45 bits per heavy atom. The summed E-state index contributed by atoms with van der Waals surface area (Å²) in [7, 11) is 5.98. The van der Waals surface area contributed by atoms with Crippen LogP contribution in [0.25, 0.3) is 0 Å². The Morgan fingerprint density at radius 1 is 1.55 bits per heavy atom. The third-order valence-corrected chi connectivity index (χ3v) is 1.54. The zero-order chi connectivity index (χ0) is 8.85. The number of rotatable bonds is 4. The summed E-state index contributed by atoms with van der Waals surface area (Å²) in [6.07, 6.45) is 2.15. The monoisotopic (exact) mass is 154 g/mol. The Morgan fingerprint density at radius 2 is 2.09 bits per heavy atom. The van der Waals surface area contributed by atoms with E-state index in [0.717, 1.165) is 12.2 Å². The van der Waals surface area contributed by atoms with Crippen LogP contribution in [0.4, 0.5) is 0 Å². The van der Waals surface area contributed by atoms with Gasteiger partial charge in [-0.15, -0.1) is 0 Å². The lowest BCUT2D eigenvalue weighted by Crippen LogP contribution is -2.12. The standard InChI is InChI=1S/C9H18N2/c1-8(9(2)10-3)6-7-11(4)5/h6,10H,2,7H2,1,3-5H3/b8-6+. The maximum absolute atomic E-state index is 3.85. The average Bonchev–Trinajstić information content (AvgIpc) is 1.98. The van der Waals surface area contributed by atoms with Gasteiger partial charge in [-0.25, -0.2) is 0 Å². The predicted octanol–water partition coefficient (Wildman–Crippen LogP) is 1.23. The molecule has 0 aliphatic carbocycles. The molecule has 0 rings (SSSR count). The molecule has 64 valence electrons. The first-order chi connectivity index (χ1) is 5.07. The quantitative estimate of drug-likeness (QED) is 0.613. The Kier molecular flexibility index (Phi) is 4.62. The second-order valence-corrected chi connectivity index (χ2v) is 2.88. The van der Waals surface area contributed by atoms with E-state index in [-0.39, 0.29) is 0 Å². The predicted molar refractivity (Wildman–Crippen MR) is 50.5 cm³/mol. The molecular weight excluding hydrogens is 136 g/mol. The molecule has 1 N–H and O–H groups in total. The SMILES string of the molecule is C=C(NC)/C(C)=C/CN(C)C. The van der Waals surface area contributed by atoms with Crippen LogP contribution in [0.2, 0.25) is 0 Å². The molecule has 0 aromatic rings. The molecule has 0 aliphatic heterocycles. The molecule has 0 aliphatic rings. The summed E-state index contributed by atoms with van der Waals surface area (Å²) in [6, 6.07) is 0. The van der Waals surface area contributed by atoms with Gasteiger partial charge in [0.15, 0.2) is 0 Å². The Balaban J connectivity index is 3.90. The minimum atomic E-state index is 0.965. The van der Waals surface area contributed by atoms with Crippen molar-refractivity contribution in [2.75, 3.05) is 27.7 Å². The van der Waals surface area contributed by atoms with E-state index in [1.165, 1.54) is 5.57 Å². The molecule has 0 atom stereocenters. The molecule has 0 aromatic heterocycles. The smallest absolute Gasteiger partial charge is 0.0291 e. The summed E-state index contributed by atoms with van der Waals surface area (Å²) >= 11 is 0. The van der Waals surface area contributed by atoms with Crippen LogP contribution in [0.3, 0.4) is 0 Å². The van der Waals surface area contributed by atoms with Gasteiger partial charge in [-0.2, -0.15) is 0 Å². The van der Waals surface area contributed by atoms with E-state index in [4.69, 9.17) is 0 Å². The van der Waals surface area contributed by atoms with Gasteiger partial charge in [0, 0.05) is 19.3 Å². The Hall–Kier alpha value is -0.760. The minimum Gasteiger partial charge on any atom is -0.388 e. The second kappa shape index (κ2) is 4.97. The molecule has 0 heterocycles. The lowest BCUT2D eigenvalue weighted by molar-refractivity contribution is 0.455. The normalized spacial score (nSPS) is 11.9. The van der Waals surface area contributed by atoms with Crippen LogP contribution in [0.5, 0.6) is 0 Å². The van der Waals surface area contributed by atoms with Crippen molar-refractivity contribution in [3.8, 4) is 0 Å². The molecule has 0 radical (unpaired) electrons. The molecule has 0 bridgehead atoms. The number of nitrogens with one attached hydrogen (secondary N) is 1. The number of likely N-dealkylation sites (N-methyl/N-ethyl adjacent to an activating group) is 2. The Labute approximate surface area is 69.6 Å². The van der Waals surface area contributed by atoms with Gasteiger partial charge in [0.25, 0.3) is 0 Å². The molecule has 2 heteroatoms. The van der Waals surface area contributed by atoms with Gasteiger partial charge in [0.1, 0.15) is 0 Å². The van der Waals surface area contributed by atoms with Gasteiger partial charge in [0.05, 0.1) is 0 Å². The number of hydrogen-bond donors (Lipinski definition) is 1. The third-order valence-electron chi connectivity index (χ3n) is 1.54. The molecule has 0 unspecified atom stereocenters. The minimum absolute atomic E-state index is 0.965. The van der Waals surface area contributed by atoms with Crippen LogP contribution in [-0.2, 0) is 0 Å². The molecule has 0 amide bonds. The van der Waals surface area contributed by atoms with Gasteiger partial charge < -0.3 is 10.2 Å². The van der Waals surface area contributed by atoms with E-state index in [1.807, 2.05) is 21.1 Å². The fourth-order valence-electron chi connectivity index (χ4n) is 0.640. The van der Waals surface area contributed by atoms with Crippen LogP contribution >= 0.6 is 0 Å². The van der Waals surface area contributed by atoms with Crippen LogP contribution in [0, 0.1) is 0 Å².